The Bertz CT molecular complexity index is 1280. The predicted molar refractivity (Wildman–Crippen MR) is 137 cm³/mol. The number of esters is 1. The topological polar surface area (TPSA) is 145 Å². The van der Waals surface area contributed by atoms with Crippen LogP contribution < -0.4 is 5.32 Å². The SMILES string of the molecule is CCC1C(=O)N2C(C(=O)OCc3ccc([N+](=O)[O-])cc3)=C(S(=O)CCNC(=O)OCc3ccccc3)CC12. The van der Waals surface area contributed by atoms with Gasteiger partial charge in [0.1, 0.15) is 18.9 Å². The van der Waals surface area contributed by atoms with Gasteiger partial charge >= 0.3 is 12.1 Å². The number of nitrogens with one attached hydrogen (secondary N) is 1. The zero-order chi connectivity index (χ0) is 27.2. The maximum Gasteiger partial charge on any atom is 0.407 e. The second-order valence-corrected chi connectivity index (χ2v) is 10.4. The lowest BCUT2D eigenvalue weighted by Crippen LogP contribution is -2.58. The van der Waals surface area contributed by atoms with E-state index in [1.165, 1.54) is 29.2 Å². The molecule has 2 amide bonds. The van der Waals surface area contributed by atoms with E-state index in [0.29, 0.717) is 16.9 Å². The Morgan fingerprint density at radius 2 is 1.74 bits per heavy atom. The first kappa shape index (κ1) is 27.0. The van der Waals surface area contributed by atoms with Crippen LogP contribution in [0, 0.1) is 16.0 Å². The summed E-state index contributed by atoms with van der Waals surface area (Å²) >= 11 is 0. The summed E-state index contributed by atoms with van der Waals surface area (Å²) in [5.41, 5.74) is 1.25. The van der Waals surface area contributed by atoms with Crippen LogP contribution in [0.5, 0.6) is 0 Å². The zero-order valence-corrected chi connectivity index (χ0v) is 21.5. The van der Waals surface area contributed by atoms with Crippen molar-refractivity contribution in [3.63, 3.8) is 0 Å². The molecule has 2 aliphatic rings. The van der Waals surface area contributed by atoms with Crippen molar-refractivity contribution >= 4 is 34.5 Å². The van der Waals surface area contributed by atoms with Crippen molar-refractivity contribution in [3.8, 4) is 0 Å². The van der Waals surface area contributed by atoms with Gasteiger partial charge in [0.15, 0.2) is 0 Å². The summed E-state index contributed by atoms with van der Waals surface area (Å²) in [5, 5.41) is 13.4. The fourth-order valence-corrected chi connectivity index (χ4v) is 5.76. The van der Waals surface area contributed by atoms with Crippen molar-refractivity contribution in [1.82, 2.24) is 10.2 Å². The van der Waals surface area contributed by atoms with Gasteiger partial charge in [-0.2, -0.15) is 0 Å². The zero-order valence-electron chi connectivity index (χ0n) is 20.7. The van der Waals surface area contributed by atoms with E-state index in [4.69, 9.17) is 9.47 Å². The minimum Gasteiger partial charge on any atom is -0.456 e. The van der Waals surface area contributed by atoms with E-state index in [2.05, 4.69) is 5.32 Å². The first-order valence-electron chi connectivity index (χ1n) is 12.1. The molecule has 3 unspecified atom stereocenters. The average Bonchev–Trinajstić information content (AvgIpc) is 3.27. The first-order valence-corrected chi connectivity index (χ1v) is 13.4. The highest BCUT2D eigenvalue weighted by Gasteiger charge is 2.55. The molecule has 3 atom stereocenters. The summed E-state index contributed by atoms with van der Waals surface area (Å²) in [5.74, 6) is -1.23. The number of nitrogens with zero attached hydrogens (tertiary/aromatic N) is 2. The lowest BCUT2D eigenvalue weighted by Gasteiger charge is -2.43. The number of amides is 2. The minimum atomic E-state index is -1.65. The second kappa shape index (κ2) is 12.0. The molecule has 0 bridgehead atoms. The molecule has 200 valence electrons. The molecule has 0 aromatic heterocycles. The van der Waals surface area contributed by atoms with E-state index in [1.807, 2.05) is 37.3 Å². The molecule has 4 rings (SSSR count). The average molecular weight is 542 g/mol. The fraction of sp³-hybridized carbons (Fsp3) is 0.346. The summed E-state index contributed by atoms with van der Waals surface area (Å²) < 4.78 is 23.7. The van der Waals surface area contributed by atoms with Crippen LogP contribution >= 0.6 is 0 Å². The largest absolute Gasteiger partial charge is 0.456 e. The van der Waals surface area contributed by atoms with Crippen molar-refractivity contribution in [2.45, 2.75) is 39.0 Å². The standard InChI is InChI=1S/C26H27N3O8S/c1-2-20-21-14-22(38(35)13-12-27-26(32)37-16-17-6-4-3-5-7-17)23(28(21)24(20)30)25(31)36-15-18-8-10-19(11-9-18)29(33)34/h3-11,20-21H,2,12-16H2,1H3,(H,27,32). The summed E-state index contributed by atoms with van der Waals surface area (Å²) in [6, 6.07) is 14.5. The molecule has 1 saturated heterocycles. The Morgan fingerprint density at radius 1 is 1.08 bits per heavy atom. The lowest BCUT2D eigenvalue weighted by molar-refractivity contribution is -0.384. The molecule has 0 saturated carbocycles. The molecule has 38 heavy (non-hydrogen) atoms. The Morgan fingerprint density at radius 3 is 2.39 bits per heavy atom. The number of carbonyl (C=O) groups excluding carboxylic acids is 3. The van der Waals surface area contributed by atoms with Crippen LogP contribution in [0.1, 0.15) is 30.9 Å². The van der Waals surface area contributed by atoms with Crippen LogP contribution in [0.4, 0.5) is 10.5 Å². The molecule has 0 spiro atoms. The van der Waals surface area contributed by atoms with E-state index in [9.17, 15) is 28.7 Å². The number of nitro benzene ring substituents is 1. The van der Waals surface area contributed by atoms with Gasteiger partial charge in [0, 0.05) is 35.8 Å². The van der Waals surface area contributed by atoms with Gasteiger partial charge in [0.2, 0.25) is 5.91 Å². The van der Waals surface area contributed by atoms with Crippen molar-refractivity contribution < 1.29 is 33.0 Å². The normalized spacial score (nSPS) is 18.9. The molecule has 11 nitrogen and oxygen atoms in total. The van der Waals surface area contributed by atoms with Gasteiger partial charge in [-0.15, -0.1) is 0 Å². The second-order valence-electron chi connectivity index (χ2n) is 8.80. The van der Waals surface area contributed by atoms with Gasteiger partial charge in [-0.25, -0.2) is 9.59 Å². The minimum absolute atomic E-state index is 0.0170. The van der Waals surface area contributed by atoms with E-state index >= 15 is 0 Å². The maximum atomic E-state index is 13.2. The van der Waals surface area contributed by atoms with Crippen molar-refractivity contribution in [2.75, 3.05) is 12.3 Å². The number of hydrogen-bond acceptors (Lipinski definition) is 8. The van der Waals surface area contributed by atoms with Crippen LogP contribution in [0.15, 0.2) is 65.2 Å². The molecule has 2 heterocycles. The Balaban J connectivity index is 1.37. The molecule has 2 aromatic rings. The lowest BCUT2D eigenvalue weighted by atomic mass is 9.85. The first-order chi connectivity index (χ1) is 18.3. The van der Waals surface area contributed by atoms with E-state index in [-0.39, 0.29) is 61.2 Å². The van der Waals surface area contributed by atoms with Crippen LogP contribution in [0.25, 0.3) is 0 Å². The van der Waals surface area contributed by atoms with Gasteiger partial charge in [-0.3, -0.25) is 19.1 Å². The monoisotopic (exact) mass is 541 g/mol. The number of carbonyl (C=O) groups is 3. The van der Waals surface area contributed by atoms with Gasteiger partial charge in [0.05, 0.1) is 27.7 Å². The number of β-lactam (4-membered cyclic amide) rings is 1. The van der Waals surface area contributed by atoms with Crippen LogP contribution in [-0.4, -0.2) is 50.3 Å². The predicted octanol–water partition coefficient (Wildman–Crippen LogP) is 3.17. The van der Waals surface area contributed by atoms with E-state index in [0.717, 1.165) is 5.56 Å². The molecular formula is C26H27N3O8S. The molecule has 1 fully saturated rings. The van der Waals surface area contributed by atoms with Crippen molar-refractivity contribution in [2.24, 2.45) is 5.92 Å². The number of fused-ring (bicyclic) bond motifs is 1. The Kier molecular flexibility index (Phi) is 8.52. The number of hydrogen-bond donors (Lipinski definition) is 1. The molecule has 12 heteroatoms. The highest BCUT2D eigenvalue weighted by Crippen LogP contribution is 2.44. The number of alkyl carbamates (subject to hydrolysis) is 1. The van der Waals surface area contributed by atoms with Crippen molar-refractivity contribution in [1.29, 1.82) is 0 Å². The van der Waals surface area contributed by atoms with Gasteiger partial charge in [-0.05, 0) is 29.7 Å². The molecule has 2 aliphatic heterocycles. The third-order valence-corrected chi connectivity index (χ3v) is 7.93. The van der Waals surface area contributed by atoms with E-state index < -0.39 is 27.8 Å². The van der Waals surface area contributed by atoms with Crippen LogP contribution in [-0.2, 0) is 43.1 Å². The fourth-order valence-electron chi connectivity index (χ4n) is 4.47. The summed E-state index contributed by atoms with van der Waals surface area (Å²) in [6.45, 7) is 1.86. The van der Waals surface area contributed by atoms with Gasteiger partial charge in [-0.1, -0.05) is 37.3 Å². The number of rotatable bonds is 11. The third-order valence-electron chi connectivity index (χ3n) is 6.44. The number of ether oxygens (including phenoxy) is 2. The van der Waals surface area contributed by atoms with E-state index in [1.54, 1.807) is 0 Å². The quantitative estimate of drug-likeness (QED) is 0.198. The molecule has 1 N–H and O–H groups in total. The smallest absolute Gasteiger partial charge is 0.407 e. The van der Waals surface area contributed by atoms with Crippen LogP contribution in [0.2, 0.25) is 0 Å². The van der Waals surface area contributed by atoms with Gasteiger partial charge < -0.3 is 19.7 Å². The highest BCUT2D eigenvalue weighted by atomic mass is 32.2. The van der Waals surface area contributed by atoms with Crippen LogP contribution in [0.3, 0.4) is 0 Å². The molecule has 0 radical (unpaired) electrons. The Labute approximate surface area is 221 Å². The van der Waals surface area contributed by atoms with Crippen molar-refractivity contribution in [3.05, 3.63) is 86.4 Å². The Hall–Kier alpha value is -4.06. The third kappa shape index (κ3) is 5.91. The molecular weight excluding hydrogens is 514 g/mol. The summed E-state index contributed by atoms with van der Waals surface area (Å²) in [6.07, 6.45) is 0.232. The summed E-state index contributed by atoms with van der Waals surface area (Å²) in [4.78, 5) is 49.7. The summed E-state index contributed by atoms with van der Waals surface area (Å²) in [7, 11) is -1.65. The van der Waals surface area contributed by atoms with Gasteiger partial charge in [0.25, 0.3) is 5.69 Å². The number of nitro groups is 1. The number of non-ortho nitro benzene ring substituents is 1. The molecule has 0 aliphatic carbocycles. The number of benzene rings is 2. The maximum absolute atomic E-state index is 13.2. The molecule has 2 aromatic carbocycles. The highest BCUT2D eigenvalue weighted by molar-refractivity contribution is 7.89.